The number of benzene rings is 2. The van der Waals surface area contributed by atoms with Crippen LogP contribution in [0.4, 0.5) is 0 Å². The Hall–Kier alpha value is -3.54. The summed E-state index contributed by atoms with van der Waals surface area (Å²) in [5.74, 6) is -0.260. The highest BCUT2D eigenvalue weighted by Gasteiger charge is 2.07. The maximum atomic E-state index is 11.9. The predicted octanol–water partition coefficient (Wildman–Crippen LogP) is 3.37. The van der Waals surface area contributed by atoms with Crippen molar-refractivity contribution in [3.05, 3.63) is 59.7 Å². The Morgan fingerprint density at radius 3 is 2.22 bits per heavy atom. The number of ketones is 2. The normalized spacial score (nSPS) is 11.0. The third kappa shape index (κ3) is 5.47. The molecular formula is C21H20O6. The molecule has 0 aromatic heterocycles. The van der Waals surface area contributed by atoms with Crippen LogP contribution in [-0.4, -0.2) is 36.0 Å². The van der Waals surface area contributed by atoms with Gasteiger partial charge in [0.2, 0.25) is 0 Å². The van der Waals surface area contributed by atoms with Crippen molar-refractivity contribution in [2.75, 3.05) is 14.2 Å². The van der Waals surface area contributed by atoms with Crippen LogP contribution in [0.3, 0.4) is 0 Å². The van der Waals surface area contributed by atoms with Crippen molar-refractivity contribution >= 4 is 23.7 Å². The smallest absolute Gasteiger partial charge is 0.165 e. The molecule has 0 unspecified atom stereocenters. The summed E-state index contributed by atoms with van der Waals surface area (Å²) in [6.07, 6.45) is 5.14. The summed E-state index contributed by atoms with van der Waals surface area (Å²) < 4.78 is 9.94. The highest BCUT2D eigenvalue weighted by atomic mass is 16.5. The number of rotatable bonds is 8. The lowest BCUT2D eigenvalue weighted by molar-refractivity contribution is -0.121. The molecule has 0 aliphatic carbocycles. The highest BCUT2D eigenvalue weighted by Crippen LogP contribution is 2.30. The molecule has 2 aromatic rings. The largest absolute Gasteiger partial charge is 0.504 e. The van der Waals surface area contributed by atoms with Crippen molar-refractivity contribution in [3.63, 3.8) is 0 Å². The van der Waals surface area contributed by atoms with E-state index < -0.39 is 5.78 Å². The first-order valence-corrected chi connectivity index (χ1v) is 8.09. The Bertz CT molecular complexity index is 896. The topological polar surface area (TPSA) is 93.1 Å². The van der Waals surface area contributed by atoms with Gasteiger partial charge in [0.05, 0.1) is 20.6 Å². The van der Waals surface area contributed by atoms with E-state index in [-0.39, 0.29) is 23.7 Å². The van der Waals surface area contributed by atoms with Crippen LogP contribution >= 0.6 is 0 Å². The summed E-state index contributed by atoms with van der Waals surface area (Å²) in [5.41, 5.74) is 1.02. The SMILES string of the molecule is COc1ccc(C=CC(=O)CC(=O)C=Cc2cccc(OC)c2O)cc1O. The summed E-state index contributed by atoms with van der Waals surface area (Å²) in [4.78, 5) is 23.8. The number of aromatic hydroxyl groups is 2. The minimum Gasteiger partial charge on any atom is -0.504 e. The van der Waals surface area contributed by atoms with Crippen LogP contribution in [0.5, 0.6) is 23.0 Å². The fraction of sp³-hybridized carbons (Fsp3) is 0.143. The van der Waals surface area contributed by atoms with E-state index in [1.807, 2.05) is 0 Å². The number of phenols is 2. The van der Waals surface area contributed by atoms with Gasteiger partial charge in [-0.1, -0.05) is 24.3 Å². The van der Waals surface area contributed by atoms with Crippen molar-refractivity contribution in [2.45, 2.75) is 6.42 Å². The number of ether oxygens (including phenoxy) is 2. The average Bonchev–Trinajstić information content (AvgIpc) is 2.65. The van der Waals surface area contributed by atoms with Crippen LogP contribution in [0, 0.1) is 0 Å². The van der Waals surface area contributed by atoms with E-state index in [0.29, 0.717) is 22.6 Å². The van der Waals surface area contributed by atoms with Gasteiger partial charge in [0.15, 0.2) is 34.6 Å². The number of allylic oxidation sites excluding steroid dienone is 2. The summed E-state index contributed by atoms with van der Waals surface area (Å²) in [5, 5.41) is 19.7. The van der Waals surface area contributed by atoms with Gasteiger partial charge < -0.3 is 19.7 Å². The quantitative estimate of drug-likeness (QED) is 0.548. The Kier molecular flexibility index (Phi) is 6.77. The molecule has 0 saturated carbocycles. The van der Waals surface area contributed by atoms with Crippen LogP contribution < -0.4 is 9.47 Å². The first-order chi connectivity index (χ1) is 12.9. The van der Waals surface area contributed by atoms with Gasteiger partial charge in [0.1, 0.15) is 0 Å². The first kappa shape index (κ1) is 19.8. The van der Waals surface area contributed by atoms with Gasteiger partial charge in [0, 0.05) is 5.56 Å². The molecule has 0 fully saturated rings. The molecule has 0 aliphatic heterocycles. The second-order valence-corrected chi connectivity index (χ2v) is 5.61. The Morgan fingerprint density at radius 2 is 1.59 bits per heavy atom. The molecule has 0 radical (unpaired) electrons. The number of carbonyl (C=O) groups is 2. The summed E-state index contributed by atoms with van der Waals surface area (Å²) in [6.45, 7) is 0. The summed E-state index contributed by atoms with van der Waals surface area (Å²) in [6, 6.07) is 9.61. The zero-order valence-corrected chi connectivity index (χ0v) is 15.0. The molecule has 0 heterocycles. The van der Waals surface area contributed by atoms with E-state index >= 15 is 0 Å². The van der Waals surface area contributed by atoms with Crippen molar-refractivity contribution < 1.29 is 29.3 Å². The Morgan fingerprint density at radius 1 is 0.926 bits per heavy atom. The van der Waals surface area contributed by atoms with E-state index in [4.69, 9.17) is 9.47 Å². The lowest BCUT2D eigenvalue weighted by Crippen LogP contribution is -2.01. The van der Waals surface area contributed by atoms with E-state index in [1.165, 1.54) is 44.6 Å². The molecule has 2 rings (SSSR count). The van der Waals surface area contributed by atoms with Gasteiger partial charge in [0.25, 0.3) is 0 Å². The van der Waals surface area contributed by atoms with Gasteiger partial charge >= 0.3 is 0 Å². The summed E-state index contributed by atoms with van der Waals surface area (Å²) in [7, 11) is 2.87. The molecule has 140 valence electrons. The van der Waals surface area contributed by atoms with Gasteiger partial charge in [-0.25, -0.2) is 0 Å². The second kappa shape index (κ2) is 9.24. The molecule has 6 heteroatoms. The van der Waals surface area contributed by atoms with Crippen LogP contribution in [0.2, 0.25) is 0 Å². The number of hydrogen-bond acceptors (Lipinski definition) is 6. The molecular weight excluding hydrogens is 348 g/mol. The molecule has 0 atom stereocenters. The zero-order chi connectivity index (χ0) is 19.8. The maximum absolute atomic E-state index is 11.9. The van der Waals surface area contributed by atoms with Gasteiger partial charge in [-0.05, 0) is 42.0 Å². The highest BCUT2D eigenvalue weighted by molar-refractivity contribution is 6.11. The maximum Gasteiger partial charge on any atom is 0.165 e. The van der Waals surface area contributed by atoms with Crippen LogP contribution in [-0.2, 0) is 9.59 Å². The minimum atomic E-state index is -0.399. The lowest BCUT2D eigenvalue weighted by Gasteiger charge is -2.04. The summed E-state index contributed by atoms with van der Waals surface area (Å²) >= 11 is 0. The van der Waals surface area contributed by atoms with Crippen molar-refractivity contribution in [1.82, 2.24) is 0 Å². The second-order valence-electron chi connectivity index (χ2n) is 5.61. The number of para-hydroxylation sites is 1. The van der Waals surface area contributed by atoms with E-state index in [2.05, 4.69) is 0 Å². The number of hydrogen-bond donors (Lipinski definition) is 2. The first-order valence-electron chi connectivity index (χ1n) is 8.09. The predicted molar refractivity (Wildman–Crippen MR) is 102 cm³/mol. The zero-order valence-electron chi connectivity index (χ0n) is 15.0. The average molecular weight is 368 g/mol. The van der Waals surface area contributed by atoms with Crippen LogP contribution in [0.15, 0.2) is 48.6 Å². The van der Waals surface area contributed by atoms with E-state index in [0.717, 1.165) is 0 Å². The van der Waals surface area contributed by atoms with Crippen molar-refractivity contribution in [3.8, 4) is 23.0 Å². The molecule has 0 spiro atoms. The van der Waals surface area contributed by atoms with Gasteiger partial charge in [-0.15, -0.1) is 0 Å². The molecule has 6 nitrogen and oxygen atoms in total. The number of phenolic OH excluding ortho intramolecular Hbond substituents is 2. The molecule has 27 heavy (non-hydrogen) atoms. The third-order valence-corrected chi connectivity index (χ3v) is 3.71. The Labute approximate surface area is 157 Å². The van der Waals surface area contributed by atoms with E-state index in [9.17, 15) is 19.8 Å². The molecule has 0 saturated heterocycles. The molecule has 0 aliphatic rings. The molecule has 0 amide bonds. The monoisotopic (exact) mass is 368 g/mol. The Balaban J connectivity index is 1.97. The minimum absolute atomic E-state index is 0.0378. The van der Waals surface area contributed by atoms with E-state index in [1.54, 1.807) is 30.3 Å². The van der Waals surface area contributed by atoms with Crippen LogP contribution in [0.1, 0.15) is 17.5 Å². The molecule has 0 bridgehead atoms. The fourth-order valence-electron chi connectivity index (χ4n) is 2.31. The standard InChI is InChI=1S/C21H20O6/c1-26-19-11-7-14(12-18(19)24)6-9-16(22)13-17(23)10-8-15-4-3-5-20(27-2)21(15)25/h3-12,24-25H,13H2,1-2H3. The molecule has 2 N–H and O–H groups in total. The van der Waals surface area contributed by atoms with Crippen molar-refractivity contribution in [1.29, 1.82) is 0 Å². The number of carbonyl (C=O) groups excluding carboxylic acids is 2. The third-order valence-electron chi connectivity index (χ3n) is 3.71. The molecule has 2 aromatic carbocycles. The van der Waals surface area contributed by atoms with Gasteiger partial charge in [-0.3, -0.25) is 9.59 Å². The van der Waals surface area contributed by atoms with Crippen LogP contribution in [0.25, 0.3) is 12.2 Å². The fourth-order valence-corrected chi connectivity index (χ4v) is 2.31. The van der Waals surface area contributed by atoms with Gasteiger partial charge in [-0.2, -0.15) is 0 Å². The number of methoxy groups -OCH3 is 2. The van der Waals surface area contributed by atoms with Crippen molar-refractivity contribution in [2.24, 2.45) is 0 Å². The lowest BCUT2D eigenvalue weighted by atomic mass is 10.1.